The van der Waals surface area contributed by atoms with Crippen LogP contribution in [0.4, 0.5) is 24.5 Å². The number of amides is 2. The van der Waals surface area contributed by atoms with Gasteiger partial charge in [-0.1, -0.05) is 0 Å². The van der Waals surface area contributed by atoms with Gasteiger partial charge in [-0.2, -0.15) is 13.2 Å². The summed E-state index contributed by atoms with van der Waals surface area (Å²) in [5, 5.41) is 5.22. The lowest BCUT2D eigenvalue weighted by molar-refractivity contribution is -0.137. The highest BCUT2D eigenvalue weighted by molar-refractivity contribution is 6.02. The molecule has 0 spiro atoms. The third-order valence-electron chi connectivity index (χ3n) is 3.72. The van der Waals surface area contributed by atoms with Gasteiger partial charge in [0.25, 0.3) is 11.8 Å². The zero-order chi connectivity index (χ0) is 20.9. The molecule has 2 aromatic carbocycles. The summed E-state index contributed by atoms with van der Waals surface area (Å²) in [6, 6.07) is 13.5. The van der Waals surface area contributed by atoms with Crippen LogP contribution >= 0.6 is 0 Å². The van der Waals surface area contributed by atoms with Gasteiger partial charge < -0.3 is 19.8 Å². The number of anilines is 2. The van der Waals surface area contributed by atoms with E-state index in [-0.39, 0.29) is 18.1 Å². The Morgan fingerprint density at radius 1 is 0.897 bits per heavy atom. The second-order valence-electron chi connectivity index (χ2n) is 5.87. The topological polar surface area (TPSA) is 80.6 Å². The number of hydrogen-bond acceptors (Lipinski definition) is 4. The molecule has 0 fully saturated rings. The van der Waals surface area contributed by atoms with Crippen molar-refractivity contribution in [2.45, 2.75) is 6.18 Å². The standard InChI is InChI=1S/C20H15F3N2O4/c21-20(22,23)13-3-9-16(10-4-13)29-12-18(26)24-14-5-7-15(8-6-14)25-19(27)17-2-1-11-28-17/h1-11H,12H2,(H,24,26)(H,25,27). The lowest BCUT2D eigenvalue weighted by atomic mass is 10.2. The summed E-state index contributed by atoms with van der Waals surface area (Å²) in [6.07, 6.45) is -3.04. The van der Waals surface area contributed by atoms with Crippen molar-refractivity contribution in [3.05, 3.63) is 78.3 Å². The number of ether oxygens (including phenoxy) is 1. The van der Waals surface area contributed by atoms with Crippen LogP contribution in [0.1, 0.15) is 16.1 Å². The van der Waals surface area contributed by atoms with E-state index in [9.17, 15) is 22.8 Å². The first-order valence-electron chi connectivity index (χ1n) is 8.36. The fraction of sp³-hybridized carbons (Fsp3) is 0.100. The number of furan rings is 1. The van der Waals surface area contributed by atoms with Crippen LogP contribution in [0.5, 0.6) is 5.75 Å². The highest BCUT2D eigenvalue weighted by atomic mass is 19.4. The molecule has 150 valence electrons. The molecule has 1 heterocycles. The van der Waals surface area contributed by atoms with Gasteiger partial charge in [0.1, 0.15) is 5.75 Å². The Morgan fingerprint density at radius 2 is 1.52 bits per heavy atom. The van der Waals surface area contributed by atoms with Crippen molar-refractivity contribution in [3.63, 3.8) is 0 Å². The lowest BCUT2D eigenvalue weighted by Crippen LogP contribution is -2.20. The third-order valence-corrected chi connectivity index (χ3v) is 3.72. The van der Waals surface area contributed by atoms with Crippen LogP contribution in [0, 0.1) is 0 Å². The molecule has 0 radical (unpaired) electrons. The van der Waals surface area contributed by atoms with Gasteiger partial charge in [0, 0.05) is 11.4 Å². The average molecular weight is 404 g/mol. The second kappa shape index (κ2) is 8.51. The molecule has 0 atom stereocenters. The Balaban J connectivity index is 1.48. The second-order valence-corrected chi connectivity index (χ2v) is 5.87. The minimum absolute atomic E-state index is 0.143. The molecule has 2 N–H and O–H groups in total. The molecule has 0 aliphatic rings. The van der Waals surface area contributed by atoms with Crippen molar-refractivity contribution < 1.29 is 31.9 Å². The van der Waals surface area contributed by atoms with Crippen molar-refractivity contribution in [3.8, 4) is 5.75 Å². The Kier molecular flexibility index (Phi) is 5.87. The van der Waals surface area contributed by atoms with E-state index in [1.807, 2.05) is 0 Å². The van der Waals surface area contributed by atoms with Gasteiger partial charge >= 0.3 is 6.18 Å². The summed E-state index contributed by atoms with van der Waals surface area (Å²) in [7, 11) is 0. The van der Waals surface area contributed by atoms with Gasteiger partial charge in [-0.05, 0) is 60.7 Å². The van der Waals surface area contributed by atoms with Crippen LogP contribution in [0.15, 0.2) is 71.3 Å². The minimum Gasteiger partial charge on any atom is -0.484 e. The maximum Gasteiger partial charge on any atom is 0.416 e. The van der Waals surface area contributed by atoms with E-state index < -0.39 is 23.6 Å². The Labute approximate surface area is 163 Å². The summed E-state index contributed by atoms with van der Waals surface area (Å²) in [5.74, 6) is -0.582. The van der Waals surface area contributed by atoms with E-state index in [2.05, 4.69) is 10.6 Å². The van der Waals surface area contributed by atoms with E-state index in [1.165, 1.54) is 12.3 Å². The van der Waals surface area contributed by atoms with E-state index >= 15 is 0 Å². The quantitative estimate of drug-likeness (QED) is 0.631. The molecule has 0 unspecified atom stereocenters. The number of nitrogens with one attached hydrogen (secondary N) is 2. The molecule has 29 heavy (non-hydrogen) atoms. The van der Waals surface area contributed by atoms with Crippen LogP contribution in [-0.4, -0.2) is 18.4 Å². The van der Waals surface area contributed by atoms with Crippen LogP contribution in [0.3, 0.4) is 0 Å². The highest BCUT2D eigenvalue weighted by Crippen LogP contribution is 2.30. The molecule has 0 aliphatic carbocycles. The molecule has 0 aliphatic heterocycles. The van der Waals surface area contributed by atoms with E-state index in [4.69, 9.17) is 9.15 Å². The number of carbonyl (C=O) groups is 2. The van der Waals surface area contributed by atoms with Crippen LogP contribution < -0.4 is 15.4 Å². The third kappa shape index (κ3) is 5.61. The van der Waals surface area contributed by atoms with Gasteiger partial charge in [-0.3, -0.25) is 9.59 Å². The number of alkyl halides is 3. The van der Waals surface area contributed by atoms with Crippen LogP contribution in [0.25, 0.3) is 0 Å². The van der Waals surface area contributed by atoms with Crippen LogP contribution in [-0.2, 0) is 11.0 Å². The van der Waals surface area contributed by atoms with Gasteiger partial charge in [0.2, 0.25) is 0 Å². The molecule has 0 saturated carbocycles. The Morgan fingerprint density at radius 3 is 2.07 bits per heavy atom. The molecule has 0 saturated heterocycles. The van der Waals surface area contributed by atoms with Crippen molar-refractivity contribution in [2.24, 2.45) is 0 Å². The monoisotopic (exact) mass is 404 g/mol. The average Bonchev–Trinajstić information content (AvgIpc) is 3.22. The predicted octanol–water partition coefficient (Wildman–Crippen LogP) is 4.57. The Bertz CT molecular complexity index is 966. The molecular formula is C20H15F3N2O4. The van der Waals surface area contributed by atoms with Gasteiger partial charge in [0.05, 0.1) is 11.8 Å². The molecule has 0 bridgehead atoms. The first-order valence-corrected chi connectivity index (χ1v) is 8.36. The first-order chi connectivity index (χ1) is 13.8. The van der Waals surface area contributed by atoms with E-state index in [0.717, 1.165) is 24.3 Å². The predicted molar refractivity (Wildman–Crippen MR) is 98.7 cm³/mol. The molecule has 9 heteroatoms. The van der Waals surface area contributed by atoms with Gasteiger partial charge in [-0.25, -0.2) is 0 Å². The number of halogens is 3. The largest absolute Gasteiger partial charge is 0.484 e. The molecule has 1 aromatic heterocycles. The SMILES string of the molecule is O=C(COc1ccc(C(F)(F)F)cc1)Nc1ccc(NC(=O)c2ccco2)cc1. The lowest BCUT2D eigenvalue weighted by Gasteiger charge is -2.10. The number of carbonyl (C=O) groups excluding carboxylic acids is 2. The van der Waals surface area contributed by atoms with E-state index in [1.54, 1.807) is 30.3 Å². The zero-order valence-electron chi connectivity index (χ0n) is 14.8. The van der Waals surface area contributed by atoms with E-state index in [0.29, 0.717) is 11.4 Å². The maximum absolute atomic E-state index is 12.5. The fourth-order valence-corrected chi connectivity index (χ4v) is 2.32. The number of benzene rings is 2. The summed E-state index contributed by atoms with van der Waals surface area (Å²) >= 11 is 0. The smallest absolute Gasteiger partial charge is 0.416 e. The summed E-state index contributed by atoms with van der Waals surface area (Å²) in [4.78, 5) is 23.8. The maximum atomic E-state index is 12.5. The van der Waals surface area contributed by atoms with Crippen molar-refractivity contribution in [1.82, 2.24) is 0 Å². The molecular weight excluding hydrogens is 389 g/mol. The van der Waals surface area contributed by atoms with Crippen molar-refractivity contribution in [2.75, 3.05) is 17.2 Å². The molecule has 3 aromatic rings. The normalized spacial score (nSPS) is 11.0. The summed E-state index contributed by atoms with van der Waals surface area (Å²) in [6.45, 7) is -0.373. The molecule has 6 nitrogen and oxygen atoms in total. The van der Waals surface area contributed by atoms with Gasteiger partial charge in [-0.15, -0.1) is 0 Å². The molecule has 2 amide bonds. The van der Waals surface area contributed by atoms with Crippen molar-refractivity contribution in [1.29, 1.82) is 0 Å². The first kappa shape index (κ1) is 20.0. The molecule has 3 rings (SSSR count). The number of rotatable bonds is 6. The fourth-order valence-electron chi connectivity index (χ4n) is 2.32. The summed E-state index contributed by atoms with van der Waals surface area (Å²) < 4.78 is 47.7. The zero-order valence-corrected chi connectivity index (χ0v) is 14.8. The summed E-state index contributed by atoms with van der Waals surface area (Å²) in [5.41, 5.74) is 0.168. The van der Waals surface area contributed by atoms with Crippen LogP contribution in [0.2, 0.25) is 0 Å². The minimum atomic E-state index is -4.43. The Hall–Kier alpha value is -3.75. The van der Waals surface area contributed by atoms with Crippen molar-refractivity contribution >= 4 is 23.2 Å². The highest BCUT2D eigenvalue weighted by Gasteiger charge is 2.30. The van der Waals surface area contributed by atoms with Gasteiger partial charge in [0.15, 0.2) is 12.4 Å². The number of hydrogen-bond donors (Lipinski definition) is 2.